The van der Waals surface area contributed by atoms with Crippen molar-refractivity contribution >= 4 is 33.2 Å². The lowest BCUT2D eigenvalue weighted by Gasteiger charge is -2.44. The number of hydrogen-bond acceptors (Lipinski definition) is 2. The molecular formula is C32H28N4. The van der Waals surface area contributed by atoms with E-state index in [-0.39, 0.29) is 0 Å². The van der Waals surface area contributed by atoms with Crippen molar-refractivity contribution in [2.45, 2.75) is 24.7 Å². The van der Waals surface area contributed by atoms with Crippen LogP contribution in [0.2, 0.25) is 0 Å². The minimum Gasteiger partial charge on any atom is -0.399 e. The summed E-state index contributed by atoms with van der Waals surface area (Å²) in [7, 11) is 0. The van der Waals surface area contributed by atoms with Gasteiger partial charge in [0, 0.05) is 44.6 Å². The lowest BCUT2D eigenvalue weighted by molar-refractivity contribution is 0.557. The number of nitrogen functional groups attached to an aromatic ring is 2. The Morgan fingerprint density at radius 1 is 0.500 bits per heavy atom. The van der Waals surface area contributed by atoms with Gasteiger partial charge in [0.2, 0.25) is 0 Å². The summed E-state index contributed by atoms with van der Waals surface area (Å²) in [6.45, 7) is 4.68. The van der Waals surface area contributed by atoms with Crippen LogP contribution in [-0.2, 0) is 10.8 Å². The summed E-state index contributed by atoms with van der Waals surface area (Å²) in [6.07, 6.45) is 0. The lowest BCUT2D eigenvalue weighted by atomic mass is 9.58. The standard InChI is InChI=1S/C32H28N4/c1-31(19-11-15-21(33)16-12-19)27-23-7-3-5-9-25(23)36-30(27)32(2,20-13-17-22(34)18-14-20)28-24-8-4-6-10-26(24)35-29(28)31/h3-18,35-36H,33-34H2,1-2H3. The lowest BCUT2D eigenvalue weighted by Crippen LogP contribution is -2.40. The first kappa shape index (κ1) is 20.9. The number of nitrogens with two attached hydrogens (primary N) is 2. The van der Waals surface area contributed by atoms with E-state index >= 15 is 0 Å². The first-order valence-electron chi connectivity index (χ1n) is 12.4. The number of nitrogens with one attached hydrogen (secondary N) is 2. The molecule has 0 fully saturated rings. The Morgan fingerprint density at radius 2 is 0.861 bits per heavy atom. The molecule has 0 radical (unpaired) electrons. The molecular weight excluding hydrogens is 440 g/mol. The molecule has 6 aromatic rings. The highest BCUT2D eigenvalue weighted by atomic mass is 14.8. The maximum atomic E-state index is 6.13. The second-order valence-corrected chi connectivity index (χ2v) is 10.3. The van der Waals surface area contributed by atoms with Gasteiger partial charge in [0.05, 0.1) is 10.8 Å². The molecule has 4 nitrogen and oxygen atoms in total. The Morgan fingerprint density at radius 3 is 1.25 bits per heavy atom. The zero-order chi connectivity index (χ0) is 24.7. The van der Waals surface area contributed by atoms with E-state index in [1.54, 1.807) is 0 Å². The van der Waals surface area contributed by atoms with Crippen molar-refractivity contribution in [3.63, 3.8) is 0 Å². The van der Waals surface area contributed by atoms with E-state index in [0.717, 1.165) is 22.4 Å². The summed E-state index contributed by atoms with van der Waals surface area (Å²) in [4.78, 5) is 7.76. The highest BCUT2D eigenvalue weighted by molar-refractivity contribution is 5.95. The molecule has 176 valence electrons. The summed E-state index contributed by atoms with van der Waals surface area (Å²) in [5.41, 5.74) is 22.6. The normalized spacial score (nSPS) is 20.9. The molecule has 0 saturated heterocycles. The second-order valence-electron chi connectivity index (χ2n) is 10.3. The van der Waals surface area contributed by atoms with Crippen LogP contribution in [0.5, 0.6) is 0 Å². The predicted octanol–water partition coefficient (Wildman–Crippen LogP) is 6.84. The van der Waals surface area contributed by atoms with Crippen LogP contribution in [0.15, 0.2) is 97.1 Å². The third kappa shape index (κ3) is 2.53. The van der Waals surface area contributed by atoms with Crippen LogP contribution in [0.3, 0.4) is 0 Å². The number of aromatic amines is 2. The van der Waals surface area contributed by atoms with Gasteiger partial charge in [-0.05, 0) is 72.5 Å². The Kier molecular flexibility index (Phi) is 4.09. The van der Waals surface area contributed by atoms with Crippen molar-refractivity contribution in [3.05, 3.63) is 131 Å². The molecule has 4 aromatic carbocycles. The molecule has 2 aromatic heterocycles. The zero-order valence-corrected chi connectivity index (χ0v) is 20.4. The maximum absolute atomic E-state index is 6.13. The molecule has 2 unspecified atom stereocenters. The van der Waals surface area contributed by atoms with Crippen molar-refractivity contribution in [1.29, 1.82) is 0 Å². The number of para-hydroxylation sites is 2. The molecule has 0 saturated carbocycles. The highest BCUT2D eigenvalue weighted by Crippen LogP contribution is 2.58. The molecule has 0 spiro atoms. The summed E-state index contributed by atoms with van der Waals surface area (Å²) >= 11 is 0. The van der Waals surface area contributed by atoms with Crippen LogP contribution in [0.25, 0.3) is 21.8 Å². The highest BCUT2D eigenvalue weighted by Gasteiger charge is 2.52. The predicted molar refractivity (Wildman–Crippen MR) is 149 cm³/mol. The number of anilines is 2. The molecule has 4 heteroatoms. The summed E-state index contributed by atoms with van der Waals surface area (Å²) < 4.78 is 0. The first-order chi connectivity index (χ1) is 17.4. The van der Waals surface area contributed by atoms with E-state index in [0.29, 0.717) is 0 Å². The van der Waals surface area contributed by atoms with E-state index in [1.165, 1.54) is 44.4 Å². The molecule has 0 bridgehead atoms. The Bertz CT molecular complexity index is 1640. The average molecular weight is 469 g/mol. The Labute approximate surface area is 210 Å². The zero-order valence-electron chi connectivity index (χ0n) is 20.4. The van der Waals surface area contributed by atoms with E-state index in [2.05, 4.69) is 96.6 Å². The monoisotopic (exact) mass is 468 g/mol. The SMILES string of the molecule is CC1(c2ccc(N)cc2)c2[nH]c3ccccc3c2C(C)(c2ccc(N)cc2)c2[nH]c3ccccc3c21. The van der Waals surface area contributed by atoms with Crippen LogP contribution in [-0.4, -0.2) is 9.97 Å². The number of hydrogen-bond donors (Lipinski definition) is 4. The summed E-state index contributed by atoms with van der Waals surface area (Å²) in [5.74, 6) is 0. The molecule has 2 heterocycles. The molecule has 1 aliphatic carbocycles. The summed E-state index contributed by atoms with van der Waals surface area (Å²) in [5, 5.41) is 2.47. The van der Waals surface area contributed by atoms with Crippen molar-refractivity contribution in [2.75, 3.05) is 11.5 Å². The molecule has 2 atom stereocenters. The maximum Gasteiger partial charge on any atom is 0.0601 e. The van der Waals surface area contributed by atoms with Gasteiger partial charge in [0.1, 0.15) is 0 Å². The average Bonchev–Trinajstić information content (AvgIpc) is 3.49. The number of aromatic nitrogens is 2. The van der Waals surface area contributed by atoms with Gasteiger partial charge in [0.25, 0.3) is 0 Å². The van der Waals surface area contributed by atoms with Gasteiger partial charge in [-0.15, -0.1) is 0 Å². The number of rotatable bonds is 2. The minimum absolute atomic E-state index is 0.426. The van der Waals surface area contributed by atoms with Crippen LogP contribution < -0.4 is 11.5 Å². The van der Waals surface area contributed by atoms with Crippen LogP contribution in [0, 0.1) is 0 Å². The number of H-pyrrole nitrogens is 2. The molecule has 0 aliphatic heterocycles. The van der Waals surface area contributed by atoms with Crippen molar-refractivity contribution < 1.29 is 0 Å². The van der Waals surface area contributed by atoms with Gasteiger partial charge in [-0.3, -0.25) is 0 Å². The molecule has 36 heavy (non-hydrogen) atoms. The van der Waals surface area contributed by atoms with Crippen molar-refractivity contribution in [3.8, 4) is 0 Å². The van der Waals surface area contributed by atoms with Gasteiger partial charge in [0.15, 0.2) is 0 Å². The fourth-order valence-electron chi connectivity index (χ4n) is 6.53. The smallest absolute Gasteiger partial charge is 0.0601 e. The number of fused-ring (bicyclic) bond motifs is 6. The van der Waals surface area contributed by atoms with E-state index in [9.17, 15) is 0 Å². The summed E-state index contributed by atoms with van der Waals surface area (Å²) in [6, 6.07) is 34.0. The minimum atomic E-state index is -0.426. The van der Waals surface area contributed by atoms with Crippen LogP contribution in [0.4, 0.5) is 11.4 Å². The first-order valence-corrected chi connectivity index (χ1v) is 12.4. The van der Waals surface area contributed by atoms with Crippen molar-refractivity contribution in [1.82, 2.24) is 9.97 Å². The van der Waals surface area contributed by atoms with Gasteiger partial charge >= 0.3 is 0 Å². The van der Waals surface area contributed by atoms with E-state index in [4.69, 9.17) is 11.5 Å². The van der Waals surface area contributed by atoms with Gasteiger partial charge < -0.3 is 21.4 Å². The van der Waals surface area contributed by atoms with Crippen molar-refractivity contribution in [2.24, 2.45) is 0 Å². The van der Waals surface area contributed by atoms with Gasteiger partial charge in [-0.1, -0.05) is 60.7 Å². The van der Waals surface area contributed by atoms with Gasteiger partial charge in [-0.2, -0.15) is 0 Å². The topological polar surface area (TPSA) is 83.6 Å². The fourth-order valence-corrected chi connectivity index (χ4v) is 6.53. The largest absolute Gasteiger partial charge is 0.399 e. The van der Waals surface area contributed by atoms with E-state index < -0.39 is 10.8 Å². The van der Waals surface area contributed by atoms with Crippen LogP contribution >= 0.6 is 0 Å². The number of benzene rings is 4. The fraction of sp³-hybridized carbons (Fsp3) is 0.125. The third-order valence-corrected chi connectivity index (χ3v) is 8.39. The second kappa shape index (κ2) is 7.05. The quantitative estimate of drug-likeness (QED) is 0.210. The molecule has 6 N–H and O–H groups in total. The molecule has 7 rings (SSSR count). The van der Waals surface area contributed by atoms with E-state index in [1.807, 2.05) is 24.3 Å². The molecule has 0 amide bonds. The third-order valence-electron chi connectivity index (χ3n) is 8.39. The Balaban J connectivity index is 1.70. The molecule has 1 aliphatic rings. The van der Waals surface area contributed by atoms with Gasteiger partial charge in [-0.25, -0.2) is 0 Å². The van der Waals surface area contributed by atoms with Crippen LogP contribution in [0.1, 0.15) is 47.5 Å². The Hall–Kier alpha value is -4.44.